The Bertz CT molecular complexity index is 1020. The summed E-state index contributed by atoms with van der Waals surface area (Å²) in [4.78, 5) is 0. The van der Waals surface area contributed by atoms with E-state index in [1.54, 1.807) is 0 Å². The third-order valence-electron chi connectivity index (χ3n) is 4.70. The van der Waals surface area contributed by atoms with Crippen LogP contribution in [0.3, 0.4) is 0 Å². The van der Waals surface area contributed by atoms with Gasteiger partial charge >= 0.3 is 0 Å². The molecular formula is C28H23FeP-6. The topological polar surface area (TPSA) is 0 Å². The Balaban J connectivity index is 0.000000376. The Morgan fingerprint density at radius 2 is 0.933 bits per heavy atom. The van der Waals surface area contributed by atoms with Crippen molar-refractivity contribution < 1.29 is 17.1 Å². The second kappa shape index (κ2) is 11.5. The molecule has 0 nitrogen and oxygen atoms in total. The van der Waals surface area contributed by atoms with Gasteiger partial charge in [0.15, 0.2) is 0 Å². The Hall–Kier alpha value is -2.69. The predicted octanol–water partition coefficient (Wildman–Crippen LogP) is 6.23. The van der Waals surface area contributed by atoms with Crippen LogP contribution in [0.5, 0.6) is 0 Å². The van der Waals surface area contributed by atoms with Gasteiger partial charge in [0.2, 0.25) is 0 Å². The van der Waals surface area contributed by atoms with E-state index < -0.39 is 7.92 Å². The molecular weight excluding hydrogens is 423 g/mol. The van der Waals surface area contributed by atoms with Gasteiger partial charge in [-0.2, -0.15) is 12.1 Å². The molecule has 30 heavy (non-hydrogen) atoms. The first-order valence-electron chi connectivity index (χ1n) is 9.81. The Morgan fingerprint density at radius 3 is 1.40 bits per heavy atom. The van der Waals surface area contributed by atoms with Crippen LogP contribution in [-0.4, -0.2) is 0 Å². The van der Waals surface area contributed by atoms with Gasteiger partial charge in [-0.25, -0.2) is 0 Å². The van der Waals surface area contributed by atoms with E-state index in [1.807, 2.05) is 30.3 Å². The molecule has 0 atom stereocenters. The molecule has 0 spiro atoms. The molecule has 0 aliphatic heterocycles. The first kappa shape index (κ1) is 22.0. The van der Waals surface area contributed by atoms with Crippen molar-refractivity contribution in [3.63, 3.8) is 0 Å². The zero-order valence-corrected chi connectivity index (χ0v) is 18.6. The Kier molecular flexibility index (Phi) is 8.42. The van der Waals surface area contributed by atoms with Crippen LogP contribution >= 0.6 is 7.92 Å². The summed E-state index contributed by atoms with van der Waals surface area (Å²) in [7, 11) is -0.553. The monoisotopic (exact) mass is 446 g/mol. The Labute approximate surface area is 191 Å². The van der Waals surface area contributed by atoms with Crippen LogP contribution in [0.15, 0.2) is 140 Å². The van der Waals surface area contributed by atoms with Crippen LogP contribution < -0.4 is 15.9 Å². The number of rotatable bonds is 4. The van der Waals surface area contributed by atoms with E-state index >= 15 is 0 Å². The van der Waals surface area contributed by atoms with Gasteiger partial charge < -0.3 is 30.3 Å². The van der Waals surface area contributed by atoms with Crippen LogP contribution in [0.4, 0.5) is 0 Å². The summed E-state index contributed by atoms with van der Waals surface area (Å²) in [5.41, 5.74) is 2.63. The molecule has 154 valence electrons. The molecule has 0 heterocycles. The number of hydrogen-bond donors (Lipinski definition) is 0. The largest absolute Gasteiger partial charge is 0.748 e. The summed E-state index contributed by atoms with van der Waals surface area (Å²) in [6.45, 7) is 0. The van der Waals surface area contributed by atoms with Crippen LogP contribution in [-0.2, 0) is 17.1 Å². The fourth-order valence-corrected chi connectivity index (χ4v) is 5.84. The minimum Gasteiger partial charge on any atom is -0.748 e. The van der Waals surface area contributed by atoms with Gasteiger partial charge in [-0.15, -0.1) is 11.6 Å². The molecule has 0 aliphatic carbocycles. The van der Waals surface area contributed by atoms with E-state index in [2.05, 4.69) is 109 Å². The molecule has 0 bridgehead atoms. The van der Waals surface area contributed by atoms with Gasteiger partial charge in [0.05, 0.1) is 0 Å². The quantitative estimate of drug-likeness (QED) is 0.174. The molecule has 0 unspecified atom stereocenters. The molecule has 5 rings (SSSR count). The molecule has 0 radical (unpaired) electrons. The van der Waals surface area contributed by atoms with Gasteiger partial charge in [-0.3, -0.25) is 0 Å². The third-order valence-corrected chi connectivity index (χ3v) is 7.20. The molecule has 0 amide bonds. The zero-order valence-electron chi connectivity index (χ0n) is 16.6. The van der Waals surface area contributed by atoms with Crippen molar-refractivity contribution in [1.82, 2.24) is 0 Å². The zero-order chi connectivity index (χ0) is 19.7. The summed E-state index contributed by atoms with van der Waals surface area (Å²) in [5.74, 6) is 0. The van der Waals surface area contributed by atoms with E-state index in [9.17, 15) is 0 Å². The molecule has 5 aromatic rings. The number of benzene rings is 3. The van der Waals surface area contributed by atoms with Crippen LogP contribution in [0, 0.1) is 0 Å². The smallest absolute Gasteiger partial charge is 0 e. The van der Waals surface area contributed by atoms with Gasteiger partial charge in [-0.05, 0) is 10.6 Å². The SMILES string of the molecule is [Fe].[cH-]1[cH-][cH-][cH-][cH-]1.c1ccc(-c2ccc[c-]2P(c2ccccc2)c2ccccc2)cc1. The summed E-state index contributed by atoms with van der Waals surface area (Å²) >= 11 is 0. The van der Waals surface area contributed by atoms with Crippen LogP contribution in [0.2, 0.25) is 0 Å². The molecule has 0 saturated carbocycles. The van der Waals surface area contributed by atoms with E-state index in [0.29, 0.717) is 0 Å². The van der Waals surface area contributed by atoms with Crippen molar-refractivity contribution in [3.8, 4) is 11.1 Å². The standard InChI is InChI=1S/C23H18P.C5H5.Fe/c1-4-11-19(12-5-1)22-17-10-18-23(22)24(20-13-6-2-7-14-20)21-15-8-3-9-16-21;1-2-4-5-3-1;/h1-18H;1-5H;/q-1;-5;. The first-order valence-corrected chi connectivity index (χ1v) is 11.2. The molecule has 0 aromatic heterocycles. The predicted molar refractivity (Wildman–Crippen MR) is 128 cm³/mol. The van der Waals surface area contributed by atoms with Gasteiger partial charge in [0.1, 0.15) is 0 Å². The fourth-order valence-electron chi connectivity index (χ4n) is 3.37. The minimum atomic E-state index is -0.553. The molecule has 0 aliphatic rings. The normalized spacial score (nSPS) is 10.0. The Morgan fingerprint density at radius 1 is 0.500 bits per heavy atom. The van der Waals surface area contributed by atoms with E-state index in [0.717, 1.165) is 0 Å². The maximum Gasteiger partial charge on any atom is 0 e. The molecule has 2 heteroatoms. The van der Waals surface area contributed by atoms with Crippen LogP contribution in [0.1, 0.15) is 0 Å². The second-order valence-corrected chi connectivity index (χ2v) is 8.84. The number of hydrogen-bond acceptors (Lipinski definition) is 0. The summed E-state index contributed by atoms with van der Waals surface area (Å²) in [5, 5.41) is 4.21. The van der Waals surface area contributed by atoms with E-state index in [1.165, 1.54) is 27.0 Å². The third kappa shape index (κ3) is 5.47. The van der Waals surface area contributed by atoms with E-state index in [4.69, 9.17) is 0 Å². The summed E-state index contributed by atoms with van der Waals surface area (Å²) in [6, 6.07) is 49.1. The van der Waals surface area contributed by atoms with Gasteiger partial charge in [0, 0.05) is 17.1 Å². The molecule has 5 aromatic carbocycles. The van der Waals surface area contributed by atoms with Crippen molar-refractivity contribution in [1.29, 1.82) is 0 Å². The maximum absolute atomic E-state index is 2.29. The second-order valence-electron chi connectivity index (χ2n) is 6.66. The fraction of sp³-hybridized carbons (Fsp3) is 0. The molecule has 0 fully saturated rings. The first-order chi connectivity index (χ1) is 14.4. The van der Waals surface area contributed by atoms with Gasteiger partial charge in [0.25, 0.3) is 0 Å². The van der Waals surface area contributed by atoms with Crippen molar-refractivity contribution >= 4 is 23.8 Å². The average Bonchev–Trinajstić information content (AvgIpc) is 3.52. The molecule has 0 saturated heterocycles. The average molecular weight is 446 g/mol. The van der Waals surface area contributed by atoms with Crippen LogP contribution in [0.25, 0.3) is 11.1 Å². The van der Waals surface area contributed by atoms with Crippen molar-refractivity contribution in [2.24, 2.45) is 0 Å². The van der Waals surface area contributed by atoms with Crippen molar-refractivity contribution in [2.75, 3.05) is 0 Å². The van der Waals surface area contributed by atoms with Crippen molar-refractivity contribution in [2.45, 2.75) is 0 Å². The van der Waals surface area contributed by atoms with Gasteiger partial charge in [-0.1, -0.05) is 110 Å². The molecule has 0 N–H and O–H groups in total. The minimum absolute atomic E-state index is 0. The van der Waals surface area contributed by atoms with E-state index in [-0.39, 0.29) is 17.1 Å². The van der Waals surface area contributed by atoms with Crippen molar-refractivity contribution in [3.05, 3.63) is 140 Å². The summed E-state index contributed by atoms with van der Waals surface area (Å²) in [6.07, 6.45) is 0. The maximum atomic E-state index is 2.29. The summed E-state index contributed by atoms with van der Waals surface area (Å²) < 4.78 is 0.